The van der Waals surface area contributed by atoms with E-state index in [4.69, 9.17) is 9.47 Å². The summed E-state index contributed by atoms with van der Waals surface area (Å²) in [6.45, 7) is 1.52. The molecule has 0 radical (unpaired) electrons. The summed E-state index contributed by atoms with van der Waals surface area (Å²) in [5.41, 5.74) is 1.13. The smallest absolute Gasteiger partial charge is 0.263 e. The van der Waals surface area contributed by atoms with Crippen LogP contribution in [0.5, 0.6) is 11.5 Å². The molecule has 0 unspecified atom stereocenters. The van der Waals surface area contributed by atoms with Gasteiger partial charge in [0.05, 0.1) is 12.8 Å². The highest BCUT2D eigenvalue weighted by molar-refractivity contribution is 5.91. The molecule has 1 aliphatic carbocycles. The van der Waals surface area contributed by atoms with Crippen LogP contribution >= 0.6 is 0 Å². The summed E-state index contributed by atoms with van der Waals surface area (Å²) < 4.78 is 12.2. The fraction of sp³-hybridized carbons (Fsp3) is 0.300. The van der Waals surface area contributed by atoms with Crippen LogP contribution in [0, 0.1) is 6.92 Å². The highest BCUT2D eigenvalue weighted by Gasteiger charge is 2.28. The number of para-hydroxylation sites is 2. The first-order valence-corrected chi connectivity index (χ1v) is 9.27. The first-order valence-electron chi connectivity index (χ1n) is 9.27. The van der Waals surface area contributed by atoms with Gasteiger partial charge >= 0.3 is 0 Å². The molecule has 1 aromatic carbocycles. The summed E-state index contributed by atoms with van der Waals surface area (Å²) >= 11 is 0. The zero-order valence-corrected chi connectivity index (χ0v) is 16.1. The van der Waals surface area contributed by atoms with Gasteiger partial charge in [-0.15, -0.1) is 0 Å². The lowest BCUT2D eigenvalue weighted by Crippen LogP contribution is -2.23. The second-order valence-corrected chi connectivity index (χ2v) is 6.84. The Morgan fingerprint density at radius 1 is 1.28 bits per heavy atom. The van der Waals surface area contributed by atoms with E-state index in [1.54, 1.807) is 31.2 Å². The van der Waals surface area contributed by atoms with Crippen molar-refractivity contribution in [3.63, 3.8) is 0 Å². The van der Waals surface area contributed by atoms with Crippen molar-refractivity contribution in [2.24, 2.45) is 0 Å². The molecule has 9 nitrogen and oxygen atoms in total. The number of amides is 1. The maximum absolute atomic E-state index is 12.5. The van der Waals surface area contributed by atoms with Crippen molar-refractivity contribution in [2.75, 3.05) is 19.0 Å². The summed E-state index contributed by atoms with van der Waals surface area (Å²) in [7, 11) is 1.54. The molecule has 0 spiro atoms. The number of aromatic nitrogens is 4. The van der Waals surface area contributed by atoms with Crippen molar-refractivity contribution in [3.8, 4) is 17.4 Å². The van der Waals surface area contributed by atoms with Crippen LogP contribution in [0.1, 0.15) is 30.1 Å². The van der Waals surface area contributed by atoms with Gasteiger partial charge in [0.1, 0.15) is 5.82 Å². The minimum absolute atomic E-state index is 0.206. The van der Waals surface area contributed by atoms with Crippen LogP contribution < -0.4 is 20.3 Å². The van der Waals surface area contributed by atoms with E-state index in [1.807, 2.05) is 6.07 Å². The molecule has 9 heteroatoms. The first kappa shape index (κ1) is 18.7. The van der Waals surface area contributed by atoms with E-state index < -0.39 is 0 Å². The van der Waals surface area contributed by atoms with Gasteiger partial charge in [-0.05, 0) is 31.9 Å². The zero-order chi connectivity index (χ0) is 20.4. The van der Waals surface area contributed by atoms with Crippen molar-refractivity contribution in [1.82, 2.24) is 19.7 Å². The van der Waals surface area contributed by atoms with E-state index in [2.05, 4.69) is 20.4 Å². The number of H-pyrrole nitrogens is 1. The summed E-state index contributed by atoms with van der Waals surface area (Å²) in [5.74, 6) is 1.70. The number of carbonyl (C=O) groups is 1. The van der Waals surface area contributed by atoms with Crippen LogP contribution in [-0.2, 0) is 4.79 Å². The second kappa shape index (κ2) is 7.78. The van der Waals surface area contributed by atoms with E-state index in [0.717, 1.165) is 18.5 Å². The Balaban J connectivity index is 1.54. The van der Waals surface area contributed by atoms with Gasteiger partial charge in [-0.1, -0.05) is 12.1 Å². The van der Waals surface area contributed by atoms with Crippen molar-refractivity contribution in [2.45, 2.75) is 25.7 Å². The maximum Gasteiger partial charge on any atom is 0.263 e. The zero-order valence-electron chi connectivity index (χ0n) is 16.1. The average Bonchev–Trinajstić information content (AvgIpc) is 3.46. The predicted molar refractivity (Wildman–Crippen MR) is 106 cm³/mol. The number of hydrogen-bond acceptors (Lipinski definition) is 6. The predicted octanol–water partition coefficient (Wildman–Crippen LogP) is 2.17. The number of rotatable bonds is 7. The fourth-order valence-electron chi connectivity index (χ4n) is 2.95. The Kier molecular flexibility index (Phi) is 5.03. The second-order valence-electron chi connectivity index (χ2n) is 6.84. The summed E-state index contributed by atoms with van der Waals surface area (Å²) in [6.07, 6.45) is 2.11. The SMILES string of the molecule is COc1ccccc1OCC(=O)Nc1cc(C2CC2)nn1-c1nc(C)cc(=O)[nH]1. The van der Waals surface area contributed by atoms with E-state index in [0.29, 0.717) is 28.9 Å². The van der Waals surface area contributed by atoms with Gasteiger partial charge in [0, 0.05) is 23.7 Å². The number of aromatic amines is 1. The third-order valence-electron chi connectivity index (χ3n) is 4.48. The van der Waals surface area contributed by atoms with Gasteiger partial charge in [-0.3, -0.25) is 14.6 Å². The molecule has 0 saturated heterocycles. The summed E-state index contributed by atoms with van der Waals surface area (Å²) in [6, 6.07) is 10.3. The highest BCUT2D eigenvalue weighted by Crippen LogP contribution is 2.40. The van der Waals surface area contributed by atoms with Crippen molar-refractivity contribution in [3.05, 3.63) is 58.1 Å². The van der Waals surface area contributed by atoms with Crippen molar-refractivity contribution < 1.29 is 14.3 Å². The van der Waals surface area contributed by atoms with E-state index in [-0.39, 0.29) is 24.0 Å². The normalized spacial score (nSPS) is 13.2. The van der Waals surface area contributed by atoms with Crippen LogP contribution in [0.2, 0.25) is 0 Å². The number of benzene rings is 1. The lowest BCUT2D eigenvalue weighted by atomic mass is 10.3. The molecule has 1 aliphatic rings. The van der Waals surface area contributed by atoms with Gasteiger partial charge in [0.15, 0.2) is 18.1 Å². The van der Waals surface area contributed by atoms with Crippen LogP contribution in [0.3, 0.4) is 0 Å². The quantitative estimate of drug-likeness (QED) is 0.634. The minimum atomic E-state index is -0.366. The molecular weight excluding hydrogens is 374 g/mol. The number of nitrogens with one attached hydrogen (secondary N) is 2. The van der Waals surface area contributed by atoms with Gasteiger partial charge in [-0.2, -0.15) is 9.78 Å². The van der Waals surface area contributed by atoms with E-state index >= 15 is 0 Å². The van der Waals surface area contributed by atoms with Gasteiger partial charge in [0.2, 0.25) is 5.95 Å². The third-order valence-corrected chi connectivity index (χ3v) is 4.48. The highest BCUT2D eigenvalue weighted by atomic mass is 16.5. The number of aryl methyl sites for hydroxylation is 1. The fourth-order valence-corrected chi connectivity index (χ4v) is 2.95. The Bertz CT molecular complexity index is 1100. The molecule has 1 fully saturated rings. The Hall–Kier alpha value is -3.62. The molecule has 1 saturated carbocycles. The number of ether oxygens (including phenoxy) is 2. The molecule has 29 heavy (non-hydrogen) atoms. The van der Waals surface area contributed by atoms with Gasteiger partial charge < -0.3 is 14.8 Å². The summed E-state index contributed by atoms with van der Waals surface area (Å²) in [5, 5.41) is 7.32. The largest absolute Gasteiger partial charge is 0.493 e. The molecule has 3 aromatic rings. The number of methoxy groups -OCH3 is 1. The summed E-state index contributed by atoms with van der Waals surface area (Å²) in [4.78, 5) is 31.3. The molecule has 150 valence electrons. The van der Waals surface area contributed by atoms with Crippen LogP contribution in [0.4, 0.5) is 5.82 Å². The average molecular weight is 395 g/mol. The maximum atomic E-state index is 12.5. The lowest BCUT2D eigenvalue weighted by Gasteiger charge is -2.11. The van der Waals surface area contributed by atoms with E-state index in [1.165, 1.54) is 17.9 Å². The number of nitrogens with zero attached hydrogens (tertiary/aromatic N) is 3. The topological polar surface area (TPSA) is 111 Å². The Morgan fingerprint density at radius 3 is 2.72 bits per heavy atom. The number of carbonyl (C=O) groups excluding carboxylic acids is 1. The monoisotopic (exact) mass is 395 g/mol. The molecule has 0 atom stereocenters. The number of anilines is 1. The standard InChI is InChI=1S/C20H21N5O4/c1-12-9-18(26)23-20(21-12)25-17(10-14(24-25)13-7-8-13)22-19(27)11-29-16-6-4-3-5-15(16)28-2/h3-6,9-10,13H,7-8,11H2,1-2H3,(H,22,27)(H,21,23,26). The van der Waals surface area contributed by atoms with Crippen molar-refractivity contribution in [1.29, 1.82) is 0 Å². The molecule has 2 aromatic heterocycles. The molecule has 0 aliphatic heterocycles. The Morgan fingerprint density at radius 2 is 2.03 bits per heavy atom. The Labute approximate surface area is 166 Å². The molecule has 1 amide bonds. The van der Waals surface area contributed by atoms with Gasteiger partial charge in [-0.25, -0.2) is 4.98 Å². The van der Waals surface area contributed by atoms with E-state index in [9.17, 15) is 9.59 Å². The first-order chi connectivity index (χ1) is 14.0. The van der Waals surface area contributed by atoms with Crippen LogP contribution in [-0.4, -0.2) is 39.4 Å². The molecule has 0 bridgehead atoms. The molecular formula is C20H21N5O4. The molecule has 4 rings (SSSR count). The molecule has 2 N–H and O–H groups in total. The number of hydrogen-bond donors (Lipinski definition) is 2. The van der Waals surface area contributed by atoms with Crippen LogP contribution in [0.15, 0.2) is 41.2 Å². The minimum Gasteiger partial charge on any atom is -0.493 e. The molecule has 2 heterocycles. The lowest BCUT2D eigenvalue weighted by molar-refractivity contribution is -0.118. The van der Waals surface area contributed by atoms with Crippen LogP contribution in [0.25, 0.3) is 5.95 Å². The van der Waals surface area contributed by atoms with Gasteiger partial charge in [0.25, 0.3) is 11.5 Å². The third kappa shape index (κ3) is 4.29. The van der Waals surface area contributed by atoms with Crippen molar-refractivity contribution >= 4 is 11.7 Å².